The van der Waals surface area contributed by atoms with Gasteiger partial charge in [-0.2, -0.15) is 4.98 Å². The minimum absolute atomic E-state index is 0.340. The van der Waals surface area contributed by atoms with Crippen molar-refractivity contribution in [3.05, 3.63) is 36.8 Å². The fraction of sp³-hybridized carbons (Fsp3) is 0.0769. The number of rotatable bonds is 3. The molecule has 2 N–H and O–H groups in total. The van der Waals surface area contributed by atoms with Crippen LogP contribution in [0.15, 0.2) is 45.7 Å². The number of anilines is 1. The van der Waals surface area contributed by atoms with Gasteiger partial charge in [-0.15, -0.1) is 0 Å². The van der Waals surface area contributed by atoms with Gasteiger partial charge in [-0.3, -0.25) is 0 Å². The van der Waals surface area contributed by atoms with Gasteiger partial charge in [-0.1, -0.05) is 5.16 Å². The molecule has 3 aromatic rings. The summed E-state index contributed by atoms with van der Waals surface area (Å²) in [5.74, 6) is 1.46. The molecule has 0 atom stereocenters. The molecule has 6 nitrogen and oxygen atoms in total. The lowest BCUT2D eigenvalue weighted by atomic mass is 10.1. The Morgan fingerprint density at radius 2 is 2.16 bits per heavy atom. The van der Waals surface area contributed by atoms with Gasteiger partial charge in [0.25, 0.3) is 5.89 Å². The summed E-state index contributed by atoms with van der Waals surface area (Å²) in [6, 6.07) is 7.01. The Labute approximate surface area is 108 Å². The van der Waals surface area contributed by atoms with Crippen LogP contribution in [0.2, 0.25) is 0 Å². The van der Waals surface area contributed by atoms with Crippen molar-refractivity contribution in [1.82, 2.24) is 10.1 Å². The number of nitrogens with zero attached hydrogens (tertiary/aromatic N) is 2. The monoisotopic (exact) mass is 257 g/mol. The van der Waals surface area contributed by atoms with E-state index in [1.165, 1.54) is 0 Å². The molecule has 3 rings (SSSR count). The first-order chi connectivity index (χ1) is 9.28. The molecule has 2 heterocycles. The Morgan fingerprint density at radius 1 is 1.26 bits per heavy atom. The number of hydrogen-bond acceptors (Lipinski definition) is 6. The van der Waals surface area contributed by atoms with E-state index < -0.39 is 0 Å². The van der Waals surface area contributed by atoms with Gasteiger partial charge in [-0.05, 0) is 24.3 Å². The summed E-state index contributed by atoms with van der Waals surface area (Å²) in [6.45, 7) is 0. The van der Waals surface area contributed by atoms with Crippen LogP contribution in [0.3, 0.4) is 0 Å². The molecule has 0 bridgehead atoms. The summed E-state index contributed by atoms with van der Waals surface area (Å²) in [6.07, 6.45) is 3.09. The summed E-state index contributed by atoms with van der Waals surface area (Å²) < 4.78 is 15.3. The van der Waals surface area contributed by atoms with E-state index >= 15 is 0 Å². The highest BCUT2D eigenvalue weighted by Crippen LogP contribution is 2.30. The van der Waals surface area contributed by atoms with Crippen molar-refractivity contribution in [2.45, 2.75) is 0 Å². The number of nitrogens with two attached hydrogens (primary N) is 1. The van der Waals surface area contributed by atoms with Crippen LogP contribution in [0.4, 0.5) is 5.69 Å². The molecule has 0 fully saturated rings. The quantitative estimate of drug-likeness (QED) is 0.725. The molecule has 0 aliphatic rings. The van der Waals surface area contributed by atoms with Gasteiger partial charge in [0.15, 0.2) is 0 Å². The van der Waals surface area contributed by atoms with E-state index in [9.17, 15) is 0 Å². The van der Waals surface area contributed by atoms with Crippen LogP contribution >= 0.6 is 0 Å². The second-order valence-electron chi connectivity index (χ2n) is 3.89. The zero-order valence-electron chi connectivity index (χ0n) is 10.2. The molecule has 96 valence electrons. The summed E-state index contributed by atoms with van der Waals surface area (Å²) in [7, 11) is 1.58. The number of aromatic nitrogens is 2. The van der Waals surface area contributed by atoms with E-state index in [2.05, 4.69) is 10.1 Å². The van der Waals surface area contributed by atoms with Crippen molar-refractivity contribution in [1.29, 1.82) is 0 Å². The Hall–Kier alpha value is -2.76. The normalized spacial score (nSPS) is 10.6. The van der Waals surface area contributed by atoms with Gasteiger partial charge >= 0.3 is 0 Å². The van der Waals surface area contributed by atoms with Crippen LogP contribution in [-0.4, -0.2) is 17.3 Å². The third kappa shape index (κ3) is 2.03. The largest absolute Gasteiger partial charge is 0.497 e. The van der Waals surface area contributed by atoms with E-state index in [0.717, 1.165) is 5.56 Å². The van der Waals surface area contributed by atoms with Crippen molar-refractivity contribution in [3.63, 3.8) is 0 Å². The van der Waals surface area contributed by atoms with E-state index in [4.69, 9.17) is 19.4 Å². The van der Waals surface area contributed by atoms with Gasteiger partial charge in [0.1, 0.15) is 12.0 Å². The van der Waals surface area contributed by atoms with E-state index in [-0.39, 0.29) is 0 Å². The van der Waals surface area contributed by atoms with Crippen LogP contribution in [-0.2, 0) is 0 Å². The highest BCUT2D eigenvalue weighted by Gasteiger charge is 2.14. The van der Waals surface area contributed by atoms with Crippen LogP contribution in [0, 0.1) is 0 Å². The summed E-state index contributed by atoms with van der Waals surface area (Å²) >= 11 is 0. The van der Waals surface area contributed by atoms with Crippen molar-refractivity contribution in [3.8, 4) is 28.6 Å². The molecule has 19 heavy (non-hydrogen) atoms. The molecule has 0 spiro atoms. The third-order valence-electron chi connectivity index (χ3n) is 2.70. The predicted molar refractivity (Wildman–Crippen MR) is 68.4 cm³/mol. The molecule has 0 unspecified atom stereocenters. The Bertz CT molecular complexity index is 689. The maximum absolute atomic E-state index is 5.90. The summed E-state index contributed by atoms with van der Waals surface area (Å²) in [5.41, 5.74) is 7.83. The van der Waals surface area contributed by atoms with Gasteiger partial charge in [-0.25, -0.2) is 0 Å². The van der Waals surface area contributed by atoms with E-state index in [1.54, 1.807) is 43.9 Å². The van der Waals surface area contributed by atoms with Crippen LogP contribution in [0.25, 0.3) is 22.8 Å². The number of benzene rings is 1. The molecule has 0 saturated carbocycles. The van der Waals surface area contributed by atoms with Crippen molar-refractivity contribution < 1.29 is 13.7 Å². The van der Waals surface area contributed by atoms with Gasteiger partial charge in [0, 0.05) is 5.69 Å². The first-order valence-corrected chi connectivity index (χ1v) is 5.58. The zero-order valence-corrected chi connectivity index (χ0v) is 10.2. The standard InChI is InChI=1S/C13H11N3O3/c1-17-9-2-3-11(14)10(6-9)13-15-12(16-19-13)8-4-5-18-7-8/h2-7H,14H2,1H3. The van der Waals surface area contributed by atoms with E-state index in [1.807, 2.05) is 0 Å². The van der Waals surface area contributed by atoms with Crippen LogP contribution < -0.4 is 10.5 Å². The van der Waals surface area contributed by atoms with Gasteiger partial charge < -0.3 is 19.4 Å². The number of nitrogen functional groups attached to an aromatic ring is 1. The minimum Gasteiger partial charge on any atom is -0.497 e. The second kappa shape index (κ2) is 4.49. The maximum Gasteiger partial charge on any atom is 0.260 e. The Kier molecular flexibility index (Phi) is 2.68. The van der Waals surface area contributed by atoms with Gasteiger partial charge in [0.2, 0.25) is 5.82 Å². The fourth-order valence-corrected chi connectivity index (χ4v) is 1.69. The highest BCUT2D eigenvalue weighted by molar-refractivity contribution is 5.73. The number of ether oxygens (including phenoxy) is 1. The molecule has 6 heteroatoms. The van der Waals surface area contributed by atoms with Crippen molar-refractivity contribution >= 4 is 5.69 Å². The Morgan fingerprint density at radius 3 is 2.89 bits per heavy atom. The lowest BCUT2D eigenvalue weighted by molar-refractivity contribution is 0.413. The molecule has 0 radical (unpaired) electrons. The fourth-order valence-electron chi connectivity index (χ4n) is 1.69. The summed E-state index contributed by atoms with van der Waals surface area (Å²) in [4.78, 5) is 4.29. The molecule has 0 amide bonds. The number of furan rings is 1. The molecule has 0 saturated heterocycles. The average Bonchev–Trinajstić information content (AvgIpc) is 3.10. The molecule has 1 aromatic carbocycles. The minimum atomic E-state index is 0.340. The predicted octanol–water partition coefficient (Wildman–Crippen LogP) is 2.59. The number of methoxy groups -OCH3 is 1. The molecule has 0 aliphatic heterocycles. The first kappa shape index (κ1) is 11.3. The summed E-state index contributed by atoms with van der Waals surface area (Å²) in [5, 5.41) is 3.89. The average molecular weight is 257 g/mol. The molecule has 0 aliphatic carbocycles. The second-order valence-corrected chi connectivity index (χ2v) is 3.89. The maximum atomic E-state index is 5.90. The zero-order chi connectivity index (χ0) is 13.2. The number of hydrogen-bond donors (Lipinski definition) is 1. The molecule has 2 aromatic heterocycles. The lowest BCUT2D eigenvalue weighted by Crippen LogP contribution is -1.92. The van der Waals surface area contributed by atoms with Crippen LogP contribution in [0.1, 0.15) is 0 Å². The molecular weight excluding hydrogens is 246 g/mol. The first-order valence-electron chi connectivity index (χ1n) is 5.58. The van der Waals surface area contributed by atoms with Gasteiger partial charge in [0.05, 0.1) is 24.5 Å². The van der Waals surface area contributed by atoms with Crippen molar-refractivity contribution in [2.24, 2.45) is 0 Å². The van der Waals surface area contributed by atoms with Crippen LogP contribution in [0.5, 0.6) is 5.75 Å². The lowest BCUT2D eigenvalue weighted by Gasteiger charge is -2.03. The SMILES string of the molecule is COc1ccc(N)c(-c2nc(-c3ccoc3)no2)c1. The van der Waals surface area contributed by atoms with Crippen molar-refractivity contribution in [2.75, 3.05) is 12.8 Å². The molecular formula is C13H11N3O3. The Balaban J connectivity index is 2.03. The smallest absolute Gasteiger partial charge is 0.260 e. The third-order valence-corrected chi connectivity index (χ3v) is 2.70. The topological polar surface area (TPSA) is 87.3 Å². The van der Waals surface area contributed by atoms with E-state index in [0.29, 0.717) is 28.7 Å². The highest BCUT2D eigenvalue weighted by atomic mass is 16.5.